The smallest absolute Gasteiger partial charge is 0.251 e. The number of nitrogens with one attached hydrogen (secondary N) is 1. The Kier molecular flexibility index (Phi) is 5.57. The fourth-order valence-corrected chi connectivity index (χ4v) is 1.61. The molecule has 0 heterocycles. The minimum Gasteiger partial charge on any atom is -0.366 e. The summed E-state index contributed by atoms with van der Waals surface area (Å²) in [7, 11) is 0. The van der Waals surface area contributed by atoms with E-state index >= 15 is 0 Å². The molecule has 1 unspecified atom stereocenters. The largest absolute Gasteiger partial charge is 0.366 e. The Morgan fingerprint density at radius 3 is 2.50 bits per heavy atom. The SMILES string of the molecule is CCCCC(N)C(=O)Nc1cc(C(N)=O)c(F)cc1F. The summed E-state index contributed by atoms with van der Waals surface area (Å²) in [5.41, 5.74) is 9.76. The topological polar surface area (TPSA) is 98.2 Å². The van der Waals surface area contributed by atoms with Crippen LogP contribution in [0.15, 0.2) is 12.1 Å². The molecule has 0 aliphatic carbocycles. The summed E-state index contributed by atoms with van der Waals surface area (Å²) in [6.45, 7) is 1.95. The lowest BCUT2D eigenvalue weighted by atomic mass is 10.1. The summed E-state index contributed by atoms with van der Waals surface area (Å²) in [5.74, 6) is -3.72. The van der Waals surface area contributed by atoms with E-state index in [0.717, 1.165) is 18.9 Å². The van der Waals surface area contributed by atoms with Crippen molar-refractivity contribution in [3.05, 3.63) is 29.3 Å². The van der Waals surface area contributed by atoms with Gasteiger partial charge in [0.1, 0.15) is 11.6 Å². The summed E-state index contributed by atoms with van der Waals surface area (Å²) in [4.78, 5) is 22.7. The van der Waals surface area contributed by atoms with Crippen LogP contribution < -0.4 is 16.8 Å². The van der Waals surface area contributed by atoms with E-state index in [1.54, 1.807) is 0 Å². The Bertz CT molecular complexity index is 521. The number of halogens is 2. The van der Waals surface area contributed by atoms with E-state index in [-0.39, 0.29) is 5.69 Å². The van der Waals surface area contributed by atoms with Crippen molar-refractivity contribution >= 4 is 17.5 Å². The number of primary amides is 1. The number of hydrogen-bond donors (Lipinski definition) is 3. The number of anilines is 1. The van der Waals surface area contributed by atoms with Crippen LogP contribution in [0.3, 0.4) is 0 Å². The molecule has 7 heteroatoms. The van der Waals surface area contributed by atoms with Crippen molar-refractivity contribution in [3.8, 4) is 0 Å². The fourth-order valence-electron chi connectivity index (χ4n) is 1.61. The maximum absolute atomic E-state index is 13.5. The maximum atomic E-state index is 13.5. The molecule has 0 radical (unpaired) electrons. The first-order valence-corrected chi connectivity index (χ1v) is 6.22. The Morgan fingerprint density at radius 1 is 1.30 bits per heavy atom. The van der Waals surface area contributed by atoms with E-state index in [2.05, 4.69) is 5.32 Å². The molecule has 5 nitrogen and oxygen atoms in total. The Hall–Kier alpha value is -2.02. The molecule has 2 amide bonds. The highest BCUT2D eigenvalue weighted by molar-refractivity contribution is 5.98. The van der Waals surface area contributed by atoms with Crippen molar-refractivity contribution in [3.63, 3.8) is 0 Å². The zero-order chi connectivity index (χ0) is 15.3. The summed E-state index contributed by atoms with van der Waals surface area (Å²) >= 11 is 0. The highest BCUT2D eigenvalue weighted by Gasteiger charge is 2.18. The van der Waals surface area contributed by atoms with Gasteiger partial charge in [0.15, 0.2) is 0 Å². The van der Waals surface area contributed by atoms with Gasteiger partial charge in [0, 0.05) is 6.07 Å². The third-order valence-corrected chi connectivity index (χ3v) is 2.79. The normalized spacial score (nSPS) is 12.0. The molecule has 0 spiro atoms. The number of amides is 2. The lowest BCUT2D eigenvalue weighted by Gasteiger charge is -2.13. The molecule has 0 bridgehead atoms. The van der Waals surface area contributed by atoms with Gasteiger partial charge in [-0.2, -0.15) is 0 Å². The zero-order valence-electron chi connectivity index (χ0n) is 11.1. The van der Waals surface area contributed by atoms with Crippen molar-refractivity contribution in [1.29, 1.82) is 0 Å². The molecule has 110 valence electrons. The number of nitrogens with two attached hydrogens (primary N) is 2. The van der Waals surface area contributed by atoms with E-state index < -0.39 is 35.1 Å². The molecule has 1 aromatic rings. The monoisotopic (exact) mass is 285 g/mol. The van der Waals surface area contributed by atoms with Crippen LogP contribution in [0.4, 0.5) is 14.5 Å². The van der Waals surface area contributed by atoms with E-state index in [9.17, 15) is 18.4 Å². The molecular formula is C13H17F2N3O2. The van der Waals surface area contributed by atoms with Gasteiger partial charge in [0.25, 0.3) is 5.91 Å². The molecule has 20 heavy (non-hydrogen) atoms. The molecular weight excluding hydrogens is 268 g/mol. The number of unbranched alkanes of at least 4 members (excludes halogenated alkanes) is 1. The first-order chi connectivity index (χ1) is 9.36. The second-order valence-electron chi connectivity index (χ2n) is 4.41. The number of benzene rings is 1. The molecule has 0 aromatic heterocycles. The van der Waals surface area contributed by atoms with Gasteiger partial charge in [-0.15, -0.1) is 0 Å². The van der Waals surface area contributed by atoms with E-state index in [1.165, 1.54) is 0 Å². The number of hydrogen-bond acceptors (Lipinski definition) is 3. The first kappa shape index (κ1) is 16.0. The van der Waals surface area contributed by atoms with Crippen LogP contribution in [0.1, 0.15) is 36.5 Å². The number of carbonyl (C=O) groups excluding carboxylic acids is 2. The summed E-state index contributed by atoms with van der Waals surface area (Å²) < 4.78 is 26.8. The number of carbonyl (C=O) groups is 2. The van der Waals surface area contributed by atoms with Crippen LogP contribution >= 0.6 is 0 Å². The molecule has 1 atom stereocenters. The Balaban J connectivity index is 2.89. The van der Waals surface area contributed by atoms with Gasteiger partial charge in [-0.3, -0.25) is 9.59 Å². The average molecular weight is 285 g/mol. The van der Waals surface area contributed by atoms with Gasteiger partial charge in [-0.25, -0.2) is 8.78 Å². The molecule has 0 saturated heterocycles. The third kappa shape index (κ3) is 3.99. The standard InChI is InChI=1S/C13H17F2N3O2/c1-2-3-4-10(16)13(20)18-11-5-7(12(17)19)8(14)6-9(11)15/h5-6,10H,2-4,16H2,1H3,(H2,17,19)(H,18,20). The molecule has 0 aliphatic heterocycles. The fraction of sp³-hybridized carbons (Fsp3) is 0.385. The molecule has 1 rings (SSSR count). The quantitative estimate of drug-likeness (QED) is 0.739. The van der Waals surface area contributed by atoms with E-state index in [4.69, 9.17) is 11.5 Å². The Morgan fingerprint density at radius 2 is 1.95 bits per heavy atom. The molecule has 0 saturated carbocycles. The average Bonchev–Trinajstić information content (AvgIpc) is 2.38. The second kappa shape index (κ2) is 6.95. The molecule has 5 N–H and O–H groups in total. The molecule has 0 aliphatic rings. The van der Waals surface area contributed by atoms with Gasteiger partial charge in [0.2, 0.25) is 5.91 Å². The van der Waals surface area contributed by atoms with Crippen molar-refractivity contribution in [2.45, 2.75) is 32.2 Å². The predicted octanol–water partition coefficient (Wildman–Crippen LogP) is 1.52. The second-order valence-corrected chi connectivity index (χ2v) is 4.41. The summed E-state index contributed by atoms with van der Waals surface area (Å²) in [5, 5.41) is 2.23. The summed E-state index contributed by atoms with van der Waals surface area (Å²) in [6, 6.07) is 0.557. The van der Waals surface area contributed by atoms with Crippen LogP contribution in [-0.2, 0) is 4.79 Å². The minimum absolute atomic E-state index is 0.322. The molecule has 0 fully saturated rings. The zero-order valence-corrected chi connectivity index (χ0v) is 11.1. The maximum Gasteiger partial charge on any atom is 0.251 e. The van der Waals surface area contributed by atoms with E-state index in [0.29, 0.717) is 12.5 Å². The minimum atomic E-state index is -1.08. The lowest BCUT2D eigenvalue weighted by molar-refractivity contribution is -0.117. The van der Waals surface area contributed by atoms with Crippen molar-refractivity contribution < 1.29 is 18.4 Å². The van der Waals surface area contributed by atoms with Crippen LogP contribution in [0.2, 0.25) is 0 Å². The third-order valence-electron chi connectivity index (χ3n) is 2.79. The predicted molar refractivity (Wildman–Crippen MR) is 71.0 cm³/mol. The van der Waals surface area contributed by atoms with Crippen LogP contribution in [0, 0.1) is 11.6 Å². The van der Waals surface area contributed by atoms with Gasteiger partial charge >= 0.3 is 0 Å². The van der Waals surface area contributed by atoms with E-state index in [1.807, 2.05) is 6.92 Å². The van der Waals surface area contributed by atoms with Crippen LogP contribution in [0.25, 0.3) is 0 Å². The lowest BCUT2D eigenvalue weighted by Crippen LogP contribution is -2.35. The molecule has 1 aromatic carbocycles. The Labute approximate surface area is 115 Å². The van der Waals surface area contributed by atoms with Gasteiger partial charge < -0.3 is 16.8 Å². The van der Waals surface area contributed by atoms with Crippen molar-refractivity contribution in [2.75, 3.05) is 5.32 Å². The first-order valence-electron chi connectivity index (χ1n) is 6.22. The van der Waals surface area contributed by atoms with Crippen LogP contribution in [-0.4, -0.2) is 17.9 Å². The number of rotatable bonds is 6. The van der Waals surface area contributed by atoms with Gasteiger partial charge in [-0.1, -0.05) is 19.8 Å². The van der Waals surface area contributed by atoms with Gasteiger partial charge in [-0.05, 0) is 12.5 Å². The van der Waals surface area contributed by atoms with Crippen LogP contribution in [0.5, 0.6) is 0 Å². The summed E-state index contributed by atoms with van der Waals surface area (Å²) in [6.07, 6.45) is 2.08. The van der Waals surface area contributed by atoms with Crippen molar-refractivity contribution in [1.82, 2.24) is 0 Å². The van der Waals surface area contributed by atoms with Crippen molar-refractivity contribution in [2.24, 2.45) is 11.5 Å². The highest BCUT2D eigenvalue weighted by atomic mass is 19.1. The van der Waals surface area contributed by atoms with Gasteiger partial charge in [0.05, 0.1) is 17.3 Å². The highest BCUT2D eigenvalue weighted by Crippen LogP contribution is 2.19.